The van der Waals surface area contributed by atoms with Crippen molar-refractivity contribution in [2.75, 3.05) is 13.1 Å². The van der Waals surface area contributed by atoms with Crippen molar-refractivity contribution in [3.8, 4) is 17.1 Å². The van der Waals surface area contributed by atoms with E-state index >= 15 is 0 Å². The number of nitrogens with zero attached hydrogens (tertiary/aromatic N) is 2. The van der Waals surface area contributed by atoms with Crippen LogP contribution in [0, 0.1) is 13.8 Å². The molecule has 1 aliphatic heterocycles. The summed E-state index contributed by atoms with van der Waals surface area (Å²) < 4.78 is 12.0. The average molecular weight is 419 g/mol. The predicted octanol–water partition coefficient (Wildman–Crippen LogP) is 5.35. The van der Waals surface area contributed by atoms with Gasteiger partial charge in [-0.2, -0.15) is 0 Å². The van der Waals surface area contributed by atoms with E-state index in [1.54, 1.807) is 6.20 Å². The van der Waals surface area contributed by atoms with Crippen LogP contribution in [0.15, 0.2) is 59.1 Å². The van der Waals surface area contributed by atoms with Gasteiger partial charge in [-0.25, -0.2) is 4.98 Å². The fraction of sp³-hybridized carbons (Fsp3) is 0.385. The Bertz CT molecular complexity index is 1000. The summed E-state index contributed by atoms with van der Waals surface area (Å²) in [4.78, 5) is 18.9. The van der Waals surface area contributed by atoms with Gasteiger partial charge in [0.25, 0.3) is 0 Å². The summed E-state index contributed by atoms with van der Waals surface area (Å²) in [6.07, 6.45) is 5.61. The first-order valence-electron chi connectivity index (χ1n) is 11.1. The van der Waals surface area contributed by atoms with Crippen LogP contribution in [-0.4, -0.2) is 35.0 Å². The van der Waals surface area contributed by atoms with E-state index in [4.69, 9.17) is 9.15 Å². The molecule has 1 aromatic heterocycles. The molecular weight excluding hydrogens is 388 g/mol. The number of carbonyl (C=O) groups is 1. The maximum absolute atomic E-state index is 12.6. The zero-order valence-electron chi connectivity index (χ0n) is 18.3. The Balaban J connectivity index is 1.20. The Morgan fingerprint density at radius 1 is 1.13 bits per heavy atom. The highest BCUT2D eigenvalue weighted by Crippen LogP contribution is 2.24. The maximum Gasteiger partial charge on any atom is 0.222 e. The SMILES string of the molecule is Cc1ccc(C)c(OC2CCN(C(=O)CCCc3ncc(-c4ccccc4)o3)CC2)c1. The van der Waals surface area contributed by atoms with Crippen molar-refractivity contribution in [1.29, 1.82) is 0 Å². The van der Waals surface area contributed by atoms with Crippen LogP contribution in [0.3, 0.4) is 0 Å². The van der Waals surface area contributed by atoms with Crippen LogP contribution in [-0.2, 0) is 11.2 Å². The summed E-state index contributed by atoms with van der Waals surface area (Å²) in [6.45, 7) is 5.66. The molecule has 4 rings (SSSR count). The van der Waals surface area contributed by atoms with E-state index in [1.807, 2.05) is 35.2 Å². The Hall–Kier alpha value is -3.08. The van der Waals surface area contributed by atoms with E-state index in [2.05, 4.69) is 37.0 Å². The lowest BCUT2D eigenvalue weighted by Gasteiger charge is -2.32. The normalized spacial score (nSPS) is 14.6. The monoisotopic (exact) mass is 418 g/mol. The second kappa shape index (κ2) is 9.82. The molecule has 2 heterocycles. The molecule has 5 heteroatoms. The molecule has 0 aliphatic carbocycles. The van der Waals surface area contributed by atoms with E-state index in [0.29, 0.717) is 18.7 Å². The summed E-state index contributed by atoms with van der Waals surface area (Å²) >= 11 is 0. The van der Waals surface area contributed by atoms with Crippen LogP contribution < -0.4 is 4.74 Å². The fourth-order valence-electron chi connectivity index (χ4n) is 3.95. The van der Waals surface area contributed by atoms with Crippen LogP contribution in [0.25, 0.3) is 11.3 Å². The highest BCUT2D eigenvalue weighted by atomic mass is 16.5. The molecule has 0 radical (unpaired) electrons. The number of hydrogen-bond acceptors (Lipinski definition) is 4. The summed E-state index contributed by atoms with van der Waals surface area (Å²) in [7, 11) is 0. The summed E-state index contributed by atoms with van der Waals surface area (Å²) in [5.41, 5.74) is 3.38. The zero-order chi connectivity index (χ0) is 21.6. The first-order chi connectivity index (χ1) is 15.1. The van der Waals surface area contributed by atoms with Crippen LogP contribution in [0.4, 0.5) is 0 Å². The van der Waals surface area contributed by atoms with Crippen molar-refractivity contribution >= 4 is 5.91 Å². The summed E-state index contributed by atoms with van der Waals surface area (Å²) in [5.74, 6) is 2.63. The first-order valence-corrected chi connectivity index (χ1v) is 11.1. The molecule has 0 unspecified atom stereocenters. The molecule has 0 N–H and O–H groups in total. The molecule has 162 valence electrons. The molecular formula is C26H30N2O3. The molecule has 2 aromatic carbocycles. The van der Waals surface area contributed by atoms with Crippen molar-refractivity contribution in [1.82, 2.24) is 9.88 Å². The van der Waals surface area contributed by atoms with Gasteiger partial charge in [0.05, 0.1) is 6.20 Å². The average Bonchev–Trinajstić information content (AvgIpc) is 3.26. The Kier molecular flexibility index (Phi) is 6.70. The lowest BCUT2D eigenvalue weighted by molar-refractivity contribution is -0.133. The molecule has 0 bridgehead atoms. The summed E-state index contributed by atoms with van der Waals surface area (Å²) in [6, 6.07) is 16.2. The van der Waals surface area contributed by atoms with E-state index in [0.717, 1.165) is 55.0 Å². The minimum atomic E-state index is 0.174. The largest absolute Gasteiger partial charge is 0.490 e. The second-order valence-corrected chi connectivity index (χ2v) is 8.30. The smallest absolute Gasteiger partial charge is 0.222 e. The van der Waals surface area contributed by atoms with Gasteiger partial charge in [-0.15, -0.1) is 0 Å². The van der Waals surface area contributed by atoms with Crippen LogP contribution in [0.1, 0.15) is 42.7 Å². The third-order valence-corrected chi connectivity index (χ3v) is 5.83. The number of benzene rings is 2. The maximum atomic E-state index is 12.6. The van der Waals surface area contributed by atoms with Gasteiger partial charge >= 0.3 is 0 Å². The van der Waals surface area contributed by atoms with Gasteiger partial charge < -0.3 is 14.1 Å². The standard InChI is InChI=1S/C26H30N2O3/c1-19-11-12-20(2)23(17-19)30-22-13-15-28(16-14-22)26(29)10-6-9-25-27-18-24(31-25)21-7-4-3-5-8-21/h3-5,7-8,11-12,17-18,22H,6,9-10,13-16H2,1-2H3. The molecule has 31 heavy (non-hydrogen) atoms. The van der Waals surface area contributed by atoms with Crippen molar-refractivity contribution in [2.24, 2.45) is 0 Å². The number of amides is 1. The lowest BCUT2D eigenvalue weighted by atomic mass is 10.1. The van der Waals surface area contributed by atoms with Crippen molar-refractivity contribution < 1.29 is 13.9 Å². The van der Waals surface area contributed by atoms with Gasteiger partial charge in [-0.1, -0.05) is 42.5 Å². The second-order valence-electron chi connectivity index (χ2n) is 8.30. The molecule has 0 atom stereocenters. The highest BCUT2D eigenvalue weighted by molar-refractivity contribution is 5.76. The van der Waals surface area contributed by atoms with Gasteiger partial charge in [0.15, 0.2) is 11.7 Å². The molecule has 5 nitrogen and oxygen atoms in total. The van der Waals surface area contributed by atoms with Gasteiger partial charge in [0, 0.05) is 44.3 Å². The molecule has 1 saturated heterocycles. The van der Waals surface area contributed by atoms with E-state index in [9.17, 15) is 4.79 Å². The fourth-order valence-corrected chi connectivity index (χ4v) is 3.95. The molecule has 3 aromatic rings. The minimum absolute atomic E-state index is 0.174. The number of carbonyl (C=O) groups excluding carboxylic acids is 1. The lowest BCUT2D eigenvalue weighted by Crippen LogP contribution is -2.41. The number of piperidine rings is 1. The van der Waals surface area contributed by atoms with Gasteiger partial charge in [-0.05, 0) is 37.5 Å². The van der Waals surface area contributed by atoms with Gasteiger partial charge in [-0.3, -0.25) is 4.79 Å². The Morgan fingerprint density at radius 2 is 1.90 bits per heavy atom. The van der Waals surface area contributed by atoms with Crippen LogP contribution >= 0.6 is 0 Å². The van der Waals surface area contributed by atoms with Crippen molar-refractivity contribution in [3.05, 3.63) is 71.7 Å². The van der Waals surface area contributed by atoms with E-state index in [-0.39, 0.29) is 12.0 Å². The number of hydrogen-bond donors (Lipinski definition) is 0. The highest BCUT2D eigenvalue weighted by Gasteiger charge is 2.24. The first kappa shape index (κ1) is 21.2. The van der Waals surface area contributed by atoms with Gasteiger partial charge in [0.1, 0.15) is 11.9 Å². The number of aryl methyl sites for hydroxylation is 3. The number of oxazole rings is 1. The number of rotatable bonds is 7. The third kappa shape index (κ3) is 5.54. The third-order valence-electron chi connectivity index (χ3n) is 5.83. The number of ether oxygens (including phenoxy) is 1. The van der Waals surface area contributed by atoms with E-state index < -0.39 is 0 Å². The van der Waals surface area contributed by atoms with Crippen molar-refractivity contribution in [3.63, 3.8) is 0 Å². The molecule has 1 amide bonds. The van der Waals surface area contributed by atoms with Gasteiger partial charge in [0.2, 0.25) is 5.91 Å². The minimum Gasteiger partial charge on any atom is -0.490 e. The summed E-state index contributed by atoms with van der Waals surface area (Å²) in [5, 5.41) is 0. The Labute approximate surface area is 184 Å². The molecule has 1 fully saturated rings. The van der Waals surface area contributed by atoms with E-state index in [1.165, 1.54) is 5.56 Å². The molecule has 0 saturated carbocycles. The Morgan fingerprint density at radius 3 is 2.68 bits per heavy atom. The van der Waals surface area contributed by atoms with Crippen LogP contribution in [0.2, 0.25) is 0 Å². The number of aromatic nitrogens is 1. The zero-order valence-corrected chi connectivity index (χ0v) is 18.3. The molecule has 1 aliphatic rings. The topological polar surface area (TPSA) is 55.6 Å². The number of likely N-dealkylation sites (tertiary alicyclic amines) is 1. The quantitative estimate of drug-likeness (QED) is 0.519. The predicted molar refractivity (Wildman–Crippen MR) is 121 cm³/mol. The molecule has 0 spiro atoms. The van der Waals surface area contributed by atoms with Crippen LogP contribution in [0.5, 0.6) is 5.75 Å². The van der Waals surface area contributed by atoms with Crippen molar-refractivity contribution in [2.45, 2.75) is 52.1 Å².